The molecule has 8 nitrogen and oxygen atoms in total. The summed E-state index contributed by atoms with van der Waals surface area (Å²) < 4.78 is 11.5. The number of esters is 2. The number of nitrogens with zero attached hydrogens (tertiary/aromatic N) is 2. The van der Waals surface area contributed by atoms with Crippen LogP contribution in [0.25, 0.3) is 33.4 Å². The van der Waals surface area contributed by atoms with Crippen molar-refractivity contribution in [3.8, 4) is 22.5 Å². The van der Waals surface area contributed by atoms with Gasteiger partial charge in [-0.2, -0.15) is 0 Å². The molecule has 180 valence electrons. The lowest BCUT2D eigenvalue weighted by molar-refractivity contribution is -0.172. The molecule has 1 atom stereocenters. The fraction of sp³-hybridized carbons (Fsp3) is 0.214. The van der Waals surface area contributed by atoms with Crippen LogP contribution in [0.3, 0.4) is 0 Å². The van der Waals surface area contributed by atoms with Crippen molar-refractivity contribution in [3.05, 3.63) is 87.2 Å². The van der Waals surface area contributed by atoms with Crippen molar-refractivity contribution >= 4 is 22.8 Å². The van der Waals surface area contributed by atoms with Crippen LogP contribution in [0, 0.1) is 0 Å². The first-order valence-corrected chi connectivity index (χ1v) is 11.6. The Morgan fingerprint density at radius 3 is 2.58 bits per heavy atom. The molecule has 4 heterocycles. The third-order valence-corrected chi connectivity index (χ3v) is 7.15. The number of ether oxygens (including phenoxy) is 2. The van der Waals surface area contributed by atoms with Crippen molar-refractivity contribution in [2.75, 3.05) is 7.11 Å². The highest BCUT2D eigenvalue weighted by atomic mass is 16.6. The van der Waals surface area contributed by atoms with Gasteiger partial charge in [0.1, 0.15) is 6.61 Å². The third kappa shape index (κ3) is 3.11. The monoisotopic (exact) mass is 482 g/mol. The van der Waals surface area contributed by atoms with E-state index in [9.17, 15) is 19.5 Å². The minimum atomic E-state index is -1.85. The van der Waals surface area contributed by atoms with E-state index in [4.69, 9.17) is 14.5 Å². The zero-order valence-corrected chi connectivity index (χ0v) is 19.7. The normalized spacial score (nSPS) is 17.8. The second-order valence-corrected chi connectivity index (χ2v) is 9.08. The number of carbonyl (C=O) groups is 2. The number of carbonyl (C=O) groups excluding carboxylic acids is 2. The van der Waals surface area contributed by atoms with Crippen LogP contribution in [0.1, 0.15) is 40.4 Å². The van der Waals surface area contributed by atoms with Crippen molar-refractivity contribution in [3.63, 3.8) is 0 Å². The van der Waals surface area contributed by atoms with E-state index < -0.39 is 11.6 Å². The Balaban J connectivity index is 1.44. The molecular formula is C28H22N2O6. The van der Waals surface area contributed by atoms with Crippen LogP contribution in [0.15, 0.2) is 59.4 Å². The fourth-order valence-corrected chi connectivity index (χ4v) is 5.08. The molecule has 2 aromatic carbocycles. The predicted octanol–water partition coefficient (Wildman–Crippen LogP) is 3.53. The largest absolute Gasteiger partial charge is 0.465 e. The molecule has 0 spiro atoms. The standard InChI is InChI=1S/C28H22N2O6/c1-3-28(34)21-12-23-24-19(13-30(23)25(31)20(21)14-36-27(28)33)11-18-10-17(8-9-22(18)29-24)15-4-6-16(7-5-15)26(32)35-2/h4-12,34H,3,13-14H2,1-2H3/t28-/m0/s1. The summed E-state index contributed by atoms with van der Waals surface area (Å²) in [6.45, 7) is 1.87. The van der Waals surface area contributed by atoms with E-state index >= 15 is 0 Å². The van der Waals surface area contributed by atoms with Gasteiger partial charge in [0.05, 0.1) is 41.7 Å². The van der Waals surface area contributed by atoms with Crippen LogP contribution in [0.5, 0.6) is 0 Å². The summed E-state index contributed by atoms with van der Waals surface area (Å²) in [7, 11) is 1.35. The van der Waals surface area contributed by atoms with Crippen molar-refractivity contribution in [1.82, 2.24) is 9.55 Å². The third-order valence-electron chi connectivity index (χ3n) is 7.15. The van der Waals surface area contributed by atoms with Gasteiger partial charge in [0, 0.05) is 16.5 Å². The highest BCUT2D eigenvalue weighted by Gasteiger charge is 2.45. The minimum absolute atomic E-state index is 0.100. The average molecular weight is 482 g/mol. The lowest BCUT2D eigenvalue weighted by Crippen LogP contribution is -2.44. The Hall–Kier alpha value is -4.30. The van der Waals surface area contributed by atoms with Gasteiger partial charge in [-0.3, -0.25) is 4.79 Å². The molecule has 2 aliphatic heterocycles. The molecule has 0 fully saturated rings. The Morgan fingerprint density at radius 1 is 1.11 bits per heavy atom. The molecule has 0 saturated carbocycles. The quantitative estimate of drug-likeness (QED) is 0.392. The molecule has 2 aliphatic rings. The van der Waals surface area contributed by atoms with Gasteiger partial charge >= 0.3 is 11.9 Å². The molecule has 6 rings (SSSR count). The first-order chi connectivity index (χ1) is 17.3. The topological polar surface area (TPSA) is 108 Å². The minimum Gasteiger partial charge on any atom is -0.465 e. The van der Waals surface area contributed by atoms with Crippen LogP contribution >= 0.6 is 0 Å². The Bertz CT molecular complexity index is 1650. The maximum Gasteiger partial charge on any atom is 0.343 e. The smallest absolute Gasteiger partial charge is 0.343 e. The van der Waals surface area contributed by atoms with Gasteiger partial charge in [0.2, 0.25) is 0 Å². The molecule has 0 bridgehead atoms. The number of aliphatic hydroxyl groups is 1. The van der Waals surface area contributed by atoms with Gasteiger partial charge in [0.15, 0.2) is 5.60 Å². The van der Waals surface area contributed by atoms with Crippen molar-refractivity contribution in [2.24, 2.45) is 0 Å². The van der Waals surface area contributed by atoms with E-state index in [1.165, 1.54) is 7.11 Å². The molecule has 0 amide bonds. The van der Waals surface area contributed by atoms with Gasteiger partial charge in [-0.1, -0.05) is 25.1 Å². The predicted molar refractivity (Wildman–Crippen MR) is 131 cm³/mol. The summed E-state index contributed by atoms with van der Waals surface area (Å²) in [5.41, 5.74) is 3.75. The van der Waals surface area contributed by atoms with Crippen LogP contribution in [0.2, 0.25) is 0 Å². The van der Waals surface area contributed by atoms with E-state index in [1.54, 1.807) is 29.7 Å². The zero-order chi connectivity index (χ0) is 25.2. The molecule has 0 aliphatic carbocycles. The van der Waals surface area contributed by atoms with Crippen LogP contribution in [-0.2, 0) is 33.0 Å². The summed E-state index contributed by atoms with van der Waals surface area (Å²) in [6.07, 6.45) is 0.100. The second kappa shape index (κ2) is 7.86. The maximum atomic E-state index is 13.3. The molecule has 36 heavy (non-hydrogen) atoms. The number of hydrogen-bond donors (Lipinski definition) is 1. The number of hydrogen-bond acceptors (Lipinski definition) is 7. The number of rotatable bonds is 3. The first kappa shape index (κ1) is 22.2. The molecule has 0 saturated heterocycles. The van der Waals surface area contributed by atoms with Gasteiger partial charge in [-0.05, 0) is 53.9 Å². The van der Waals surface area contributed by atoms with E-state index in [0.717, 1.165) is 27.6 Å². The number of cyclic esters (lactones) is 1. The fourth-order valence-electron chi connectivity index (χ4n) is 5.08. The summed E-state index contributed by atoms with van der Waals surface area (Å²) in [5, 5.41) is 11.9. The highest BCUT2D eigenvalue weighted by molar-refractivity contribution is 5.91. The molecule has 0 unspecified atom stereocenters. The molecule has 2 aromatic heterocycles. The number of pyridine rings is 2. The van der Waals surface area contributed by atoms with Crippen LogP contribution in [0.4, 0.5) is 0 Å². The number of aromatic nitrogens is 2. The lowest BCUT2D eigenvalue weighted by Gasteiger charge is -2.31. The van der Waals surface area contributed by atoms with E-state index in [0.29, 0.717) is 34.6 Å². The number of benzene rings is 2. The molecule has 4 aromatic rings. The van der Waals surface area contributed by atoms with Gasteiger partial charge in [0.25, 0.3) is 5.56 Å². The molecule has 8 heteroatoms. The zero-order valence-electron chi connectivity index (χ0n) is 19.7. The number of fused-ring (bicyclic) bond motifs is 5. The summed E-state index contributed by atoms with van der Waals surface area (Å²) >= 11 is 0. The van der Waals surface area contributed by atoms with Gasteiger partial charge in [-0.15, -0.1) is 0 Å². The summed E-state index contributed by atoms with van der Waals surface area (Å²) in [6, 6.07) is 16.8. The van der Waals surface area contributed by atoms with Crippen molar-refractivity contribution < 1.29 is 24.2 Å². The van der Waals surface area contributed by atoms with Gasteiger partial charge < -0.3 is 19.1 Å². The summed E-state index contributed by atoms with van der Waals surface area (Å²) in [4.78, 5) is 42.2. The van der Waals surface area contributed by atoms with Crippen molar-refractivity contribution in [1.29, 1.82) is 0 Å². The van der Waals surface area contributed by atoms with Crippen LogP contribution in [-0.4, -0.2) is 33.7 Å². The van der Waals surface area contributed by atoms with Crippen molar-refractivity contribution in [2.45, 2.75) is 32.1 Å². The van der Waals surface area contributed by atoms with Gasteiger partial charge in [-0.25, -0.2) is 14.6 Å². The highest BCUT2D eigenvalue weighted by Crippen LogP contribution is 2.39. The Kier molecular flexibility index (Phi) is 4.84. The first-order valence-electron chi connectivity index (χ1n) is 11.6. The Morgan fingerprint density at radius 2 is 1.86 bits per heavy atom. The van der Waals surface area contributed by atoms with Crippen LogP contribution < -0.4 is 5.56 Å². The summed E-state index contributed by atoms with van der Waals surface area (Å²) in [5.74, 6) is -1.12. The van der Waals surface area contributed by atoms with E-state index in [1.807, 2.05) is 36.4 Å². The molecule has 1 N–H and O–H groups in total. The molecular weight excluding hydrogens is 460 g/mol. The number of methoxy groups -OCH3 is 1. The second-order valence-electron chi connectivity index (χ2n) is 9.08. The SMILES string of the molecule is CC[C@@]1(O)C(=O)OCc2c1cc1n(c2=O)Cc2cc3cc(-c4ccc(C(=O)OC)cc4)ccc3nc2-1. The Labute approximate surface area is 205 Å². The molecule has 0 radical (unpaired) electrons. The lowest BCUT2D eigenvalue weighted by atomic mass is 9.86. The maximum absolute atomic E-state index is 13.3. The van der Waals surface area contributed by atoms with E-state index in [-0.39, 0.29) is 24.6 Å². The van der Waals surface area contributed by atoms with E-state index in [2.05, 4.69) is 0 Å². The average Bonchev–Trinajstić information content (AvgIpc) is 3.27.